The number of aromatic nitrogens is 1. The number of anilines is 1. The molecule has 0 aliphatic heterocycles. The highest BCUT2D eigenvalue weighted by atomic mass is 16.5. The number of furan rings is 1. The number of hydrogen-bond donors (Lipinski definition) is 1. The Hall–Kier alpha value is -2.76. The largest absolute Gasteiger partial charge is 0.490 e. The molecule has 1 amide bonds. The van der Waals surface area contributed by atoms with E-state index in [2.05, 4.69) is 10.5 Å². The van der Waals surface area contributed by atoms with Crippen LogP contribution in [0.15, 0.2) is 33.2 Å². The van der Waals surface area contributed by atoms with Crippen molar-refractivity contribution >= 4 is 22.8 Å². The van der Waals surface area contributed by atoms with Gasteiger partial charge in [-0.1, -0.05) is 17.3 Å². The second-order valence-electron chi connectivity index (χ2n) is 5.46. The van der Waals surface area contributed by atoms with Crippen molar-refractivity contribution in [3.05, 3.63) is 41.3 Å². The summed E-state index contributed by atoms with van der Waals surface area (Å²) in [5, 5.41) is 7.56. The van der Waals surface area contributed by atoms with E-state index in [9.17, 15) is 4.79 Å². The molecule has 0 unspecified atom stereocenters. The van der Waals surface area contributed by atoms with Gasteiger partial charge in [0, 0.05) is 10.9 Å². The molecule has 0 saturated heterocycles. The van der Waals surface area contributed by atoms with Gasteiger partial charge >= 0.3 is 0 Å². The van der Waals surface area contributed by atoms with Gasteiger partial charge in [0.05, 0.1) is 12.3 Å². The molecule has 2 aromatic heterocycles. The standard InChI is InChI=1S/C17H16N2O4/c1-2-21-13-8-3-5-10-9-14(22-15(10)13)16(20)18-17-11-6-4-7-12(11)19-23-17/h3,5,8-9H,2,4,6-7H2,1H3,(H,18,20). The number of nitrogens with zero attached hydrogens (tertiary/aromatic N) is 1. The average molecular weight is 312 g/mol. The van der Waals surface area contributed by atoms with E-state index in [0.717, 1.165) is 35.9 Å². The first-order chi connectivity index (χ1) is 11.3. The van der Waals surface area contributed by atoms with E-state index in [4.69, 9.17) is 13.7 Å². The maximum atomic E-state index is 12.4. The molecular formula is C17H16N2O4. The maximum Gasteiger partial charge on any atom is 0.293 e. The zero-order valence-electron chi connectivity index (χ0n) is 12.7. The highest BCUT2D eigenvalue weighted by Gasteiger charge is 2.24. The van der Waals surface area contributed by atoms with Crippen molar-refractivity contribution in [3.8, 4) is 5.75 Å². The lowest BCUT2D eigenvalue weighted by atomic mass is 10.2. The summed E-state index contributed by atoms with van der Waals surface area (Å²) < 4.78 is 16.4. The second kappa shape index (κ2) is 5.46. The number of carbonyl (C=O) groups is 1. The van der Waals surface area contributed by atoms with E-state index in [0.29, 0.717) is 23.8 Å². The molecule has 3 aromatic rings. The molecule has 0 atom stereocenters. The van der Waals surface area contributed by atoms with Crippen molar-refractivity contribution in [1.82, 2.24) is 5.16 Å². The molecule has 0 bridgehead atoms. The van der Waals surface area contributed by atoms with Crippen LogP contribution in [0.3, 0.4) is 0 Å². The summed E-state index contributed by atoms with van der Waals surface area (Å²) in [4.78, 5) is 12.4. The number of ether oxygens (including phenoxy) is 1. The number of rotatable bonds is 4. The van der Waals surface area contributed by atoms with Crippen LogP contribution in [0.1, 0.15) is 35.2 Å². The molecule has 4 rings (SSSR count). The molecule has 118 valence electrons. The molecule has 6 heteroatoms. The van der Waals surface area contributed by atoms with Gasteiger partial charge in [-0.2, -0.15) is 0 Å². The number of para-hydroxylation sites is 1. The average Bonchev–Trinajstić information content (AvgIpc) is 3.24. The highest BCUT2D eigenvalue weighted by Crippen LogP contribution is 2.31. The Kier molecular flexibility index (Phi) is 3.29. The number of fused-ring (bicyclic) bond motifs is 2. The minimum absolute atomic E-state index is 0.218. The molecule has 0 spiro atoms. The minimum Gasteiger partial charge on any atom is -0.490 e. The van der Waals surface area contributed by atoms with Gasteiger partial charge in [0.1, 0.15) is 0 Å². The summed E-state index contributed by atoms with van der Waals surface area (Å²) in [6.07, 6.45) is 2.82. The highest BCUT2D eigenvalue weighted by molar-refractivity contribution is 6.04. The Morgan fingerprint density at radius 3 is 3.17 bits per heavy atom. The van der Waals surface area contributed by atoms with E-state index in [1.807, 2.05) is 25.1 Å². The zero-order valence-corrected chi connectivity index (χ0v) is 12.7. The van der Waals surface area contributed by atoms with Crippen molar-refractivity contribution in [2.45, 2.75) is 26.2 Å². The van der Waals surface area contributed by atoms with Crippen LogP contribution in [0, 0.1) is 0 Å². The Morgan fingerprint density at radius 1 is 1.39 bits per heavy atom. The van der Waals surface area contributed by atoms with Crippen LogP contribution < -0.4 is 10.1 Å². The summed E-state index contributed by atoms with van der Waals surface area (Å²) in [6, 6.07) is 7.27. The third kappa shape index (κ3) is 2.36. The van der Waals surface area contributed by atoms with Gasteiger partial charge in [0.15, 0.2) is 17.1 Å². The number of carbonyl (C=O) groups excluding carboxylic acids is 1. The summed E-state index contributed by atoms with van der Waals surface area (Å²) >= 11 is 0. The quantitative estimate of drug-likeness (QED) is 0.797. The van der Waals surface area contributed by atoms with Gasteiger partial charge in [-0.25, -0.2) is 0 Å². The molecule has 1 aliphatic rings. The smallest absolute Gasteiger partial charge is 0.293 e. The maximum absolute atomic E-state index is 12.4. The predicted octanol–water partition coefficient (Wildman–Crippen LogP) is 3.56. The van der Waals surface area contributed by atoms with Crippen molar-refractivity contribution < 1.29 is 18.5 Å². The fraction of sp³-hybridized carbons (Fsp3) is 0.294. The van der Waals surface area contributed by atoms with Crippen LogP contribution in [0.5, 0.6) is 5.75 Å². The van der Waals surface area contributed by atoms with Gasteiger partial charge in [-0.3, -0.25) is 10.1 Å². The summed E-state index contributed by atoms with van der Waals surface area (Å²) in [5.41, 5.74) is 2.50. The lowest BCUT2D eigenvalue weighted by Gasteiger charge is -2.02. The third-order valence-electron chi connectivity index (χ3n) is 3.97. The first-order valence-corrected chi connectivity index (χ1v) is 7.70. The zero-order chi connectivity index (χ0) is 15.8. The lowest BCUT2D eigenvalue weighted by molar-refractivity contribution is 0.0995. The van der Waals surface area contributed by atoms with Crippen LogP contribution in [0.4, 0.5) is 5.88 Å². The Labute approximate surface area is 132 Å². The first kappa shape index (κ1) is 13.9. The fourth-order valence-electron chi connectivity index (χ4n) is 2.91. The van der Waals surface area contributed by atoms with Crippen LogP contribution in [-0.4, -0.2) is 17.7 Å². The van der Waals surface area contributed by atoms with Gasteiger partial charge in [0.2, 0.25) is 5.88 Å². The van der Waals surface area contributed by atoms with E-state index in [1.54, 1.807) is 6.07 Å². The predicted molar refractivity (Wildman–Crippen MR) is 83.9 cm³/mol. The molecule has 6 nitrogen and oxygen atoms in total. The Balaban J connectivity index is 1.63. The van der Waals surface area contributed by atoms with Crippen molar-refractivity contribution in [2.75, 3.05) is 11.9 Å². The topological polar surface area (TPSA) is 77.5 Å². The third-order valence-corrected chi connectivity index (χ3v) is 3.97. The Morgan fingerprint density at radius 2 is 2.30 bits per heavy atom. The number of nitrogens with one attached hydrogen (secondary N) is 1. The normalized spacial score (nSPS) is 13.3. The monoisotopic (exact) mass is 312 g/mol. The molecule has 1 N–H and O–H groups in total. The molecule has 0 radical (unpaired) electrons. The van der Waals surface area contributed by atoms with E-state index < -0.39 is 0 Å². The van der Waals surface area contributed by atoms with Crippen molar-refractivity contribution in [2.24, 2.45) is 0 Å². The van der Waals surface area contributed by atoms with Gasteiger partial charge < -0.3 is 13.7 Å². The van der Waals surface area contributed by atoms with Gasteiger partial charge in [-0.05, 0) is 38.3 Å². The van der Waals surface area contributed by atoms with Crippen molar-refractivity contribution in [1.29, 1.82) is 0 Å². The Bertz CT molecular complexity index is 878. The van der Waals surface area contributed by atoms with E-state index in [1.165, 1.54) is 0 Å². The number of amides is 1. The van der Waals surface area contributed by atoms with Crippen LogP contribution in [-0.2, 0) is 12.8 Å². The van der Waals surface area contributed by atoms with Crippen LogP contribution in [0.2, 0.25) is 0 Å². The fourth-order valence-corrected chi connectivity index (χ4v) is 2.91. The van der Waals surface area contributed by atoms with Crippen LogP contribution >= 0.6 is 0 Å². The molecular weight excluding hydrogens is 296 g/mol. The summed E-state index contributed by atoms with van der Waals surface area (Å²) in [5.74, 6) is 0.919. The summed E-state index contributed by atoms with van der Waals surface area (Å²) in [6.45, 7) is 2.44. The van der Waals surface area contributed by atoms with E-state index >= 15 is 0 Å². The minimum atomic E-state index is -0.352. The number of aryl methyl sites for hydroxylation is 1. The molecule has 0 fully saturated rings. The van der Waals surface area contributed by atoms with Gasteiger partial charge in [-0.15, -0.1) is 0 Å². The molecule has 0 saturated carbocycles. The first-order valence-electron chi connectivity index (χ1n) is 7.70. The lowest BCUT2D eigenvalue weighted by Crippen LogP contribution is -2.11. The van der Waals surface area contributed by atoms with Crippen LogP contribution in [0.25, 0.3) is 11.0 Å². The molecule has 1 aliphatic carbocycles. The number of hydrogen-bond acceptors (Lipinski definition) is 5. The molecule has 2 heterocycles. The second-order valence-corrected chi connectivity index (χ2v) is 5.46. The van der Waals surface area contributed by atoms with Crippen molar-refractivity contribution in [3.63, 3.8) is 0 Å². The summed E-state index contributed by atoms with van der Waals surface area (Å²) in [7, 11) is 0. The SMILES string of the molecule is CCOc1cccc2cc(C(=O)Nc3onc4c3CCC4)oc12. The van der Waals surface area contributed by atoms with Gasteiger partial charge in [0.25, 0.3) is 5.91 Å². The van der Waals surface area contributed by atoms with E-state index in [-0.39, 0.29) is 11.7 Å². The molecule has 23 heavy (non-hydrogen) atoms. The molecule has 1 aromatic carbocycles. The number of benzene rings is 1.